The first-order valence-corrected chi connectivity index (χ1v) is 6.81. The Morgan fingerprint density at radius 2 is 1.78 bits per heavy atom. The normalized spacial score (nSPS) is 13.7. The van der Waals surface area contributed by atoms with Crippen LogP contribution in [0.1, 0.15) is 32.6 Å². The molecule has 0 spiro atoms. The van der Waals surface area contributed by atoms with E-state index in [1.165, 1.54) is 29.5 Å². The monoisotopic (exact) mass is 327 g/mol. The summed E-state index contributed by atoms with van der Waals surface area (Å²) in [6.45, 7) is 5.15. The maximum absolute atomic E-state index is 12.6. The Kier molecular flexibility index (Phi) is 4.44. The van der Waals surface area contributed by atoms with E-state index in [0.717, 1.165) is 12.1 Å². The number of Topliss-reactive ketones (excluding diaryl/α,β-unsaturated/α-hetero) is 1. The van der Waals surface area contributed by atoms with E-state index in [1.54, 1.807) is 20.8 Å². The fourth-order valence-electron chi connectivity index (χ4n) is 1.79. The lowest BCUT2D eigenvalue weighted by molar-refractivity contribution is -0.139. The number of alkyl halides is 3. The molecule has 2 rings (SSSR count). The molecule has 1 aromatic carbocycles. The van der Waals surface area contributed by atoms with Crippen molar-refractivity contribution in [3.8, 4) is 5.75 Å². The number of hydrogen-bond acceptors (Lipinski definition) is 4. The van der Waals surface area contributed by atoms with E-state index in [1.807, 2.05) is 0 Å². The van der Waals surface area contributed by atoms with Gasteiger partial charge in [-0.25, -0.2) is 9.67 Å². The summed E-state index contributed by atoms with van der Waals surface area (Å²) in [5, 5.41) is 3.88. The van der Waals surface area contributed by atoms with E-state index in [4.69, 9.17) is 4.74 Å². The summed E-state index contributed by atoms with van der Waals surface area (Å²) < 4.78 is 44.5. The van der Waals surface area contributed by atoms with Crippen LogP contribution in [0, 0.1) is 5.41 Å². The zero-order chi connectivity index (χ0) is 17.3. The van der Waals surface area contributed by atoms with Gasteiger partial charge < -0.3 is 4.74 Å². The van der Waals surface area contributed by atoms with Gasteiger partial charge in [-0.3, -0.25) is 4.79 Å². The molecule has 8 heteroatoms. The Morgan fingerprint density at radius 3 is 2.22 bits per heavy atom. The van der Waals surface area contributed by atoms with Crippen LogP contribution < -0.4 is 4.74 Å². The maximum Gasteiger partial charge on any atom is 0.416 e. The lowest BCUT2D eigenvalue weighted by atomic mass is 9.90. The second kappa shape index (κ2) is 6.02. The Bertz CT molecular complexity index is 659. The number of ketones is 1. The van der Waals surface area contributed by atoms with Crippen molar-refractivity contribution in [1.29, 1.82) is 0 Å². The molecule has 0 saturated carbocycles. The predicted octanol–water partition coefficient (Wildman–Crippen LogP) is 3.49. The average molecular weight is 327 g/mol. The number of nitrogens with zero attached hydrogens (tertiary/aromatic N) is 3. The Hall–Kier alpha value is -2.38. The predicted molar refractivity (Wildman–Crippen MR) is 75.6 cm³/mol. The summed E-state index contributed by atoms with van der Waals surface area (Å²) in [5.41, 5.74) is -1.51. The van der Waals surface area contributed by atoms with E-state index < -0.39 is 23.4 Å². The van der Waals surface area contributed by atoms with Crippen LogP contribution in [-0.4, -0.2) is 20.5 Å². The summed E-state index contributed by atoms with van der Waals surface area (Å²) in [4.78, 5) is 16.3. The molecular formula is C15H16F3N3O2. The Labute approximate surface area is 131 Å². The molecule has 0 radical (unpaired) electrons. The van der Waals surface area contributed by atoms with Crippen molar-refractivity contribution >= 4 is 5.78 Å². The highest BCUT2D eigenvalue weighted by atomic mass is 19.4. The third kappa shape index (κ3) is 4.08. The molecule has 0 bridgehead atoms. The highest BCUT2D eigenvalue weighted by Crippen LogP contribution is 2.31. The summed E-state index contributed by atoms with van der Waals surface area (Å²) in [6, 6.07) is 4.13. The molecule has 23 heavy (non-hydrogen) atoms. The minimum atomic E-state index is -4.43. The van der Waals surface area contributed by atoms with Crippen molar-refractivity contribution < 1.29 is 22.7 Å². The van der Waals surface area contributed by atoms with Crippen molar-refractivity contribution in [2.45, 2.75) is 33.2 Å². The van der Waals surface area contributed by atoms with Gasteiger partial charge in [0.15, 0.2) is 0 Å². The lowest BCUT2D eigenvalue weighted by Crippen LogP contribution is -2.34. The smallest absolute Gasteiger partial charge is 0.416 e. The van der Waals surface area contributed by atoms with E-state index in [2.05, 4.69) is 10.1 Å². The first-order chi connectivity index (χ1) is 10.6. The maximum atomic E-state index is 12.6. The van der Waals surface area contributed by atoms with E-state index in [-0.39, 0.29) is 11.5 Å². The van der Waals surface area contributed by atoms with Crippen molar-refractivity contribution in [3.05, 3.63) is 42.5 Å². The van der Waals surface area contributed by atoms with Gasteiger partial charge in [0.25, 0.3) is 6.23 Å². The molecule has 0 aliphatic rings. The molecule has 0 fully saturated rings. The van der Waals surface area contributed by atoms with Gasteiger partial charge in [0, 0.05) is 5.41 Å². The molecule has 0 N–H and O–H groups in total. The van der Waals surface area contributed by atoms with Gasteiger partial charge in [-0.1, -0.05) is 20.8 Å². The molecule has 5 nitrogen and oxygen atoms in total. The number of rotatable bonds is 4. The van der Waals surface area contributed by atoms with Crippen LogP contribution in [0.5, 0.6) is 5.75 Å². The molecule has 1 unspecified atom stereocenters. The van der Waals surface area contributed by atoms with Gasteiger partial charge in [0.05, 0.1) is 5.56 Å². The minimum Gasteiger partial charge on any atom is -0.461 e. The number of carbonyl (C=O) groups excluding carboxylic acids is 1. The molecule has 1 aromatic heterocycles. The van der Waals surface area contributed by atoms with Gasteiger partial charge >= 0.3 is 6.18 Å². The van der Waals surface area contributed by atoms with Crippen LogP contribution in [0.15, 0.2) is 36.9 Å². The lowest BCUT2D eigenvalue weighted by Gasteiger charge is -2.25. The molecule has 0 aliphatic heterocycles. The summed E-state index contributed by atoms with van der Waals surface area (Å²) in [7, 11) is 0. The summed E-state index contributed by atoms with van der Waals surface area (Å²) >= 11 is 0. The van der Waals surface area contributed by atoms with Crippen molar-refractivity contribution in [2.75, 3.05) is 0 Å². The van der Waals surface area contributed by atoms with Crippen LogP contribution >= 0.6 is 0 Å². The molecule has 0 saturated heterocycles. The molecule has 0 aliphatic carbocycles. The molecule has 0 amide bonds. The summed E-state index contributed by atoms with van der Waals surface area (Å²) in [5.74, 6) is -0.140. The number of benzene rings is 1. The highest BCUT2D eigenvalue weighted by molar-refractivity contribution is 5.86. The van der Waals surface area contributed by atoms with Gasteiger partial charge in [-0.05, 0) is 24.3 Å². The quantitative estimate of drug-likeness (QED) is 0.862. The fraction of sp³-hybridized carbons (Fsp3) is 0.400. The van der Waals surface area contributed by atoms with E-state index in [0.29, 0.717) is 0 Å². The van der Waals surface area contributed by atoms with Crippen LogP contribution in [-0.2, 0) is 11.0 Å². The first kappa shape index (κ1) is 17.0. The second-order valence-electron chi connectivity index (χ2n) is 5.98. The topological polar surface area (TPSA) is 57.0 Å². The fourth-order valence-corrected chi connectivity index (χ4v) is 1.79. The minimum absolute atomic E-state index is 0.135. The van der Waals surface area contributed by atoms with Crippen LogP contribution in [0.4, 0.5) is 13.2 Å². The number of ether oxygens (including phenoxy) is 1. The number of carbonyl (C=O) groups is 1. The summed E-state index contributed by atoms with van der Waals surface area (Å²) in [6.07, 6.45) is -2.96. The number of hydrogen-bond donors (Lipinski definition) is 0. The molecular weight excluding hydrogens is 311 g/mol. The largest absolute Gasteiger partial charge is 0.461 e. The zero-order valence-electron chi connectivity index (χ0n) is 12.8. The molecule has 1 heterocycles. The second-order valence-corrected chi connectivity index (χ2v) is 5.98. The van der Waals surface area contributed by atoms with Gasteiger partial charge in [0.1, 0.15) is 18.4 Å². The van der Waals surface area contributed by atoms with Crippen LogP contribution in [0.2, 0.25) is 0 Å². The Morgan fingerprint density at radius 1 is 1.17 bits per heavy atom. The first-order valence-electron chi connectivity index (χ1n) is 6.81. The van der Waals surface area contributed by atoms with Gasteiger partial charge in [-0.2, -0.15) is 18.3 Å². The van der Waals surface area contributed by atoms with Crippen LogP contribution in [0.25, 0.3) is 0 Å². The van der Waals surface area contributed by atoms with Crippen molar-refractivity contribution in [1.82, 2.24) is 14.8 Å². The highest BCUT2D eigenvalue weighted by Gasteiger charge is 2.34. The SMILES string of the molecule is CC(C)(C)C(=O)C(Oc1ccc(C(F)(F)F)cc1)n1cncn1. The van der Waals surface area contributed by atoms with E-state index >= 15 is 0 Å². The zero-order valence-corrected chi connectivity index (χ0v) is 12.8. The molecule has 124 valence electrons. The average Bonchev–Trinajstić information content (AvgIpc) is 2.96. The van der Waals surface area contributed by atoms with E-state index in [9.17, 15) is 18.0 Å². The standard InChI is InChI=1S/C15H16F3N3O2/c1-14(2,3)12(22)13(21-9-19-8-20-21)23-11-6-4-10(5-7-11)15(16,17)18/h4-9,13H,1-3H3. The van der Waals surface area contributed by atoms with Crippen molar-refractivity contribution in [3.63, 3.8) is 0 Å². The molecule has 1 atom stereocenters. The number of halogens is 3. The van der Waals surface area contributed by atoms with Gasteiger partial charge in [0.2, 0.25) is 5.78 Å². The van der Waals surface area contributed by atoms with Gasteiger partial charge in [-0.15, -0.1) is 0 Å². The molecule has 2 aromatic rings. The van der Waals surface area contributed by atoms with Crippen LogP contribution in [0.3, 0.4) is 0 Å². The number of aromatic nitrogens is 3. The Balaban J connectivity index is 2.27. The van der Waals surface area contributed by atoms with Crippen molar-refractivity contribution in [2.24, 2.45) is 5.41 Å². The third-order valence-corrected chi connectivity index (χ3v) is 3.07. The third-order valence-electron chi connectivity index (χ3n) is 3.07.